The lowest BCUT2D eigenvalue weighted by molar-refractivity contribution is -0.139. The third-order valence-corrected chi connectivity index (χ3v) is 4.53. The summed E-state index contributed by atoms with van der Waals surface area (Å²) < 4.78 is 28.1. The van der Waals surface area contributed by atoms with Gasteiger partial charge in [0.05, 0.1) is 0 Å². The Morgan fingerprint density at radius 2 is 2.00 bits per heavy atom. The Kier molecular flexibility index (Phi) is 5.72. The second kappa shape index (κ2) is 6.93. The lowest BCUT2D eigenvalue weighted by Crippen LogP contribution is -2.40. The largest absolute Gasteiger partial charge is 0.480 e. The van der Waals surface area contributed by atoms with Crippen LogP contribution >= 0.6 is 0 Å². The van der Waals surface area contributed by atoms with Gasteiger partial charge in [-0.15, -0.1) is 0 Å². The third-order valence-electron chi connectivity index (χ3n) is 3.09. The van der Waals surface area contributed by atoms with Gasteiger partial charge < -0.3 is 14.6 Å². The van der Waals surface area contributed by atoms with Crippen LogP contribution in [0.2, 0.25) is 0 Å². The predicted molar refractivity (Wildman–Crippen MR) is 80.1 cm³/mol. The van der Waals surface area contributed by atoms with Gasteiger partial charge >= 0.3 is 5.97 Å². The number of nitrogens with one attached hydrogen (secondary N) is 1. The van der Waals surface area contributed by atoms with E-state index >= 15 is 0 Å². The molecule has 1 rings (SSSR count). The lowest BCUT2D eigenvalue weighted by atomic mass is 10.2. The van der Waals surface area contributed by atoms with Crippen molar-refractivity contribution in [3.63, 3.8) is 0 Å². The van der Waals surface area contributed by atoms with Crippen LogP contribution in [-0.2, 0) is 21.9 Å². The Bertz CT molecular complexity index is 663. The first kappa shape index (κ1) is 18.2. The highest BCUT2D eigenvalue weighted by Gasteiger charge is 2.27. The molecule has 0 radical (unpaired) electrons. The first-order valence-corrected chi connectivity index (χ1v) is 8.21. The maximum atomic E-state index is 12.3. The predicted octanol–water partition coefficient (Wildman–Crippen LogP) is 0.259. The van der Waals surface area contributed by atoms with Crippen LogP contribution in [0.1, 0.15) is 30.3 Å². The number of rotatable bonds is 7. The lowest BCUT2D eigenvalue weighted by Gasteiger charge is -2.12. The fourth-order valence-corrected chi connectivity index (χ4v) is 3.19. The van der Waals surface area contributed by atoms with Gasteiger partial charge in [0.1, 0.15) is 16.6 Å². The van der Waals surface area contributed by atoms with Crippen LogP contribution < -0.4 is 4.72 Å². The summed E-state index contributed by atoms with van der Waals surface area (Å²) in [5, 5.41) is 9.04. The first-order chi connectivity index (χ1) is 10.1. The number of nitrogens with zero attached hydrogens (tertiary/aromatic N) is 2. The van der Waals surface area contributed by atoms with Crippen molar-refractivity contribution in [3.8, 4) is 0 Å². The SMILES string of the molecule is CCCC(NS(=O)(=O)c1cc(C(=O)N(C)C)n(C)c1)C(=O)O. The number of aromatic nitrogens is 1. The zero-order chi connectivity index (χ0) is 17.1. The van der Waals surface area contributed by atoms with E-state index in [1.807, 2.05) is 0 Å². The van der Waals surface area contributed by atoms with Crippen molar-refractivity contribution in [2.45, 2.75) is 30.7 Å². The van der Waals surface area contributed by atoms with Crippen LogP contribution in [0.15, 0.2) is 17.2 Å². The van der Waals surface area contributed by atoms with Gasteiger partial charge in [-0.25, -0.2) is 8.42 Å². The Morgan fingerprint density at radius 1 is 1.41 bits per heavy atom. The number of carbonyl (C=O) groups is 2. The Balaban J connectivity index is 3.11. The van der Waals surface area contributed by atoms with Crippen LogP contribution in [0.4, 0.5) is 0 Å². The zero-order valence-corrected chi connectivity index (χ0v) is 13.8. The van der Waals surface area contributed by atoms with Crippen LogP contribution in [0, 0.1) is 0 Å². The van der Waals surface area contributed by atoms with E-state index in [4.69, 9.17) is 5.11 Å². The van der Waals surface area contributed by atoms with Crippen molar-refractivity contribution in [3.05, 3.63) is 18.0 Å². The van der Waals surface area contributed by atoms with Crippen molar-refractivity contribution >= 4 is 21.9 Å². The van der Waals surface area contributed by atoms with Crippen molar-refractivity contribution in [1.82, 2.24) is 14.2 Å². The van der Waals surface area contributed by atoms with Crippen molar-refractivity contribution in [1.29, 1.82) is 0 Å². The third kappa shape index (κ3) is 4.08. The topological polar surface area (TPSA) is 109 Å². The fourth-order valence-electron chi connectivity index (χ4n) is 1.90. The second-order valence-electron chi connectivity index (χ2n) is 5.17. The molecule has 1 aromatic heterocycles. The molecule has 1 heterocycles. The molecular weight excluding hydrogens is 310 g/mol. The summed E-state index contributed by atoms with van der Waals surface area (Å²) in [7, 11) is 0.660. The Morgan fingerprint density at radius 3 is 2.45 bits per heavy atom. The molecule has 0 saturated carbocycles. The van der Waals surface area contributed by atoms with Crippen LogP contribution in [0.25, 0.3) is 0 Å². The van der Waals surface area contributed by atoms with E-state index in [0.717, 1.165) is 0 Å². The monoisotopic (exact) mass is 331 g/mol. The number of hydrogen-bond donors (Lipinski definition) is 2. The van der Waals surface area contributed by atoms with Gasteiger partial charge in [-0.05, 0) is 12.5 Å². The molecule has 0 aliphatic carbocycles. The Hall–Kier alpha value is -1.87. The summed E-state index contributed by atoms with van der Waals surface area (Å²) in [4.78, 5) is 24.2. The second-order valence-corrected chi connectivity index (χ2v) is 6.89. The number of carboxylic acids is 1. The molecule has 0 aliphatic rings. The molecule has 2 N–H and O–H groups in total. The van der Waals surface area contributed by atoms with Gasteiger partial charge in [0, 0.05) is 27.3 Å². The minimum Gasteiger partial charge on any atom is -0.480 e. The molecule has 124 valence electrons. The van der Waals surface area contributed by atoms with E-state index in [-0.39, 0.29) is 22.9 Å². The Labute approximate surface area is 129 Å². The smallest absolute Gasteiger partial charge is 0.321 e. The molecule has 1 aromatic rings. The fraction of sp³-hybridized carbons (Fsp3) is 0.538. The van der Waals surface area contributed by atoms with E-state index in [0.29, 0.717) is 6.42 Å². The van der Waals surface area contributed by atoms with Gasteiger partial charge in [0.15, 0.2) is 0 Å². The molecule has 9 heteroatoms. The van der Waals surface area contributed by atoms with Crippen LogP contribution in [-0.4, -0.2) is 55.0 Å². The molecule has 1 amide bonds. The van der Waals surface area contributed by atoms with Crippen LogP contribution in [0.3, 0.4) is 0 Å². The van der Waals surface area contributed by atoms with Gasteiger partial charge in [-0.2, -0.15) is 4.72 Å². The summed E-state index contributed by atoms with van der Waals surface area (Å²) in [5.41, 5.74) is 0.202. The van der Waals surface area contributed by atoms with E-state index in [1.54, 1.807) is 28.1 Å². The maximum Gasteiger partial charge on any atom is 0.321 e. The van der Waals surface area contributed by atoms with Gasteiger partial charge in [-0.1, -0.05) is 13.3 Å². The zero-order valence-electron chi connectivity index (χ0n) is 13.0. The van der Waals surface area contributed by atoms with Gasteiger partial charge in [0.2, 0.25) is 10.0 Å². The number of sulfonamides is 1. The molecule has 1 atom stereocenters. The minimum atomic E-state index is -4.01. The molecule has 1 unspecified atom stereocenters. The molecule has 22 heavy (non-hydrogen) atoms. The van der Waals surface area contributed by atoms with Gasteiger partial charge in [0.25, 0.3) is 5.91 Å². The van der Waals surface area contributed by atoms with Gasteiger partial charge in [-0.3, -0.25) is 9.59 Å². The molecular formula is C13H21N3O5S. The van der Waals surface area contributed by atoms with Crippen molar-refractivity contribution in [2.75, 3.05) is 14.1 Å². The summed E-state index contributed by atoms with van der Waals surface area (Å²) in [5.74, 6) is -1.57. The van der Waals surface area contributed by atoms with Crippen molar-refractivity contribution < 1.29 is 23.1 Å². The standard InChI is InChI=1S/C13H21N3O5S/c1-5-6-10(13(18)19)14-22(20,21)9-7-11(16(4)8-9)12(17)15(2)3/h7-8,10,14H,5-6H2,1-4H3,(H,18,19). The minimum absolute atomic E-state index is 0.137. The maximum absolute atomic E-state index is 12.3. The summed E-state index contributed by atoms with van der Waals surface area (Å²) >= 11 is 0. The summed E-state index contributed by atoms with van der Waals surface area (Å²) in [6.07, 6.45) is 1.99. The van der Waals surface area contributed by atoms with E-state index in [1.165, 1.54) is 21.7 Å². The molecule has 8 nitrogen and oxygen atoms in total. The number of hydrogen-bond acceptors (Lipinski definition) is 4. The highest BCUT2D eigenvalue weighted by molar-refractivity contribution is 7.89. The normalized spacial score (nSPS) is 12.9. The molecule has 0 saturated heterocycles. The number of aryl methyl sites for hydroxylation is 1. The number of carbonyl (C=O) groups excluding carboxylic acids is 1. The molecule has 0 fully saturated rings. The number of amides is 1. The molecule has 0 aliphatic heterocycles. The highest BCUT2D eigenvalue weighted by Crippen LogP contribution is 2.15. The van der Waals surface area contributed by atoms with Crippen LogP contribution in [0.5, 0.6) is 0 Å². The highest BCUT2D eigenvalue weighted by atomic mass is 32.2. The summed E-state index contributed by atoms with van der Waals surface area (Å²) in [6.45, 7) is 1.76. The van der Waals surface area contributed by atoms with E-state index in [2.05, 4.69) is 4.72 Å². The quantitative estimate of drug-likeness (QED) is 0.745. The number of aliphatic carboxylic acids is 1. The van der Waals surface area contributed by atoms with E-state index in [9.17, 15) is 18.0 Å². The number of carboxylic acid groups (broad SMARTS) is 1. The first-order valence-electron chi connectivity index (χ1n) is 6.73. The average molecular weight is 331 g/mol. The molecule has 0 aromatic carbocycles. The average Bonchev–Trinajstić information content (AvgIpc) is 2.79. The summed E-state index contributed by atoms with van der Waals surface area (Å²) in [6, 6.07) is 0.0402. The molecule has 0 spiro atoms. The van der Waals surface area contributed by atoms with E-state index < -0.39 is 22.0 Å². The van der Waals surface area contributed by atoms with Crippen molar-refractivity contribution in [2.24, 2.45) is 7.05 Å². The molecule has 0 bridgehead atoms.